The van der Waals surface area contributed by atoms with Crippen LogP contribution in [-0.2, 0) is 17.8 Å². The van der Waals surface area contributed by atoms with Crippen LogP contribution in [0, 0.1) is 3.57 Å². The number of H-pyrrole nitrogens is 1. The molecule has 0 saturated carbocycles. The zero-order valence-electron chi connectivity index (χ0n) is 19.5. The minimum atomic E-state index is -2.09. The van der Waals surface area contributed by atoms with Crippen molar-refractivity contribution < 1.29 is 8.76 Å². The zero-order chi connectivity index (χ0) is 25.1. The second-order valence-electron chi connectivity index (χ2n) is 8.47. The summed E-state index contributed by atoms with van der Waals surface area (Å²) in [6.07, 6.45) is 1.74. The molecule has 2 aromatic heterocycles. The molecule has 1 saturated heterocycles. The number of benzene rings is 2. The molecule has 0 aliphatic carbocycles. The van der Waals surface area contributed by atoms with Gasteiger partial charge in [-0.3, -0.25) is 9.65 Å². The summed E-state index contributed by atoms with van der Waals surface area (Å²) in [7, 11) is 2.14. The largest absolute Gasteiger partial charge is 0.352 e. The van der Waals surface area contributed by atoms with Gasteiger partial charge in [0.2, 0.25) is 17.2 Å². The van der Waals surface area contributed by atoms with E-state index in [1.807, 2.05) is 36.4 Å². The average molecular weight is 619 g/mol. The number of piperazine rings is 1. The zero-order valence-corrected chi connectivity index (χ0v) is 22.5. The molecule has 0 radical (unpaired) electrons. The van der Waals surface area contributed by atoms with Crippen molar-refractivity contribution >= 4 is 73.7 Å². The van der Waals surface area contributed by atoms with Gasteiger partial charge in [-0.05, 0) is 59.5 Å². The maximum atomic E-state index is 11.0. The lowest BCUT2D eigenvalue weighted by Gasteiger charge is -2.32. The Labute approximate surface area is 224 Å². The first-order valence-electron chi connectivity index (χ1n) is 11.4. The molecule has 11 nitrogen and oxygen atoms in total. The van der Waals surface area contributed by atoms with Crippen LogP contribution in [0.5, 0.6) is 0 Å². The van der Waals surface area contributed by atoms with Crippen LogP contribution in [0.15, 0.2) is 48.7 Å². The predicted molar refractivity (Wildman–Crippen MR) is 151 cm³/mol. The van der Waals surface area contributed by atoms with Crippen LogP contribution < -0.4 is 20.3 Å². The quantitative estimate of drug-likeness (QED) is 0.149. The second kappa shape index (κ2) is 11.0. The monoisotopic (exact) mass is 619 g/mol. The van der Waals surface area contributed by atoms with E-state index in [4.69, 9.17) is 4.55 Å². The summed E-state index contributed by atoms with van der Waals surface area (Å²) in [5.41, 5.74) is 3.41. The van der Waals surface area contributed by atoms with Crippen LogP contribution in [-0.4, -0.2) is 67.1 Å². The standard InChI is InChI=1S/C23H26IN9O2S/c1-32-8-10-33(11-9-32)22-17-7-6-16(12-20(17)30-31-22)27-23-25-14-18(24)21(29-23)28-19-5-3-2-4-15(19)13-26-36(34)35/h2-7,12,14,26H,8-11,13H2,1H3,(H,30,31)(H,34,35)(H2,25,27,28,29). The Morgan fingerprint density at radius 2 is 1.94 bits per heavy atom. The van der Waals surface area contributed by atoms with Crippen LogP contribution >= 0.6 is 22.6 Å². The van der Waals surface area contributed by atoms with Gasteiger partial charge in [0.1, 0.15) is 5.82 Å². The molecule has 1 aliphatic rings. The SMILES string of the molecule is CN1CCN(c2n[nH]c3cc(Nc4ncc(I)c(Nc5ccccc5CNS(=O)O)n4)ccc23)CC1. The number of fused-ring (bicyclic) bond motifs is 1. The van der Waals surface area contributed by atoms with Crippen molar-refractivity contribution in [1.29, 1.82) is 0 Å². The summed E-state index contributed by atoms with van der Waals surface area (Å²) in [6, 6.07) is 13.6. The number of nitrogens with zero attached hydrogens (tertiary/aromatic N) is 5. The van der Waals surface area contributed by atoms with E-state index in [-0.39, 0.29) is 6.54 Å². The first kappa shape index (κ1) is 24.8. The molecular weight excluding hydrogens is 593 g/mol. The summed E-state index contributed by atoms with van der Waals surface area (Å²) in [6.45, 7) is 4.20. The number of hydrogen-bond donors (Lipinski definition) is 5. The topological polar surface area (TPSA) is 134 Å². The van der Waals surface area contributed by atoms with E-state index in [1.165, 1.54) is 0 Å². The van der Waals surface area contributed by atoms with E-state index in [0.29, 0.717) is 11.8 Å². The van der Waals surface area contributed by atoms with Crippen molar-refractivity contribution in [3.05, 3.63) is 57.8 Å². The Balaban J connectivity index is 1.33. The van der Waals surface area contributed by atoms with Crippen LogP contribution in [0.4, 0.5) is 29.0 Å². The number of hydrogen-bond acceptors (Lipinski definition) is 8. The number of rotatable bonds is 8. The molecule has 1 unspecified atom stereocenters. The summed E-state index contributed by atoms with van der Waals surface area (Å²) < 4.78 is 23.4. The number of anilines is 5. The van der Waals surface area contributed by atoms with Crippen LogP contribution in [0.1, 0.15) is 5.56 Å². The highest BCUT2D eigenvalue weighted by molar-refractivity contribution is 14.1. The Morgan fingerprint density at radius 3 is 2.75 bits per heavy atom. The number of aromatic nitrogens is 4. The molecule has 1 fully saturated rings. The van der Waals surface area contributed by atoms with Crippen molar-refractivity contribution in [2.45, 2.75) is 6.54 Å². The molecule has 3 heterocycles. The second-order valence-corrected chi connectivity index (χ2v) is 10.4. The van der Waals surface area contributed by atoms with Crippen LogP contribution in [0.3, 0.4) is 0 Å². The van der Waals surface area contributed by atoms with Crippen LogP contribution in [0.25, 0.3) is 10.9 Å². The van der Waals surface area contributed by atoms with Crippen molar-refractivity contribution in [3.63, 3.8) is 0 Å². The van der Waals surface area contributed by atoms with E-state index < -0.39 is 11.3 Å². The highest BCUT2D eigenvalue weighted by Crippen LogP contribution is 2.29. The third-order valence-electron chi connectivity index (χ3n) is 6.00. The van der Waals surface area contributed by atoms with Gasteiger partial charge >= 0.3 is 0 Å². The molecule has 1 aliphatic heterocycles. The third kappa shape index (κ3) is 5.75. The highest BCUT2D eigenvalue weighted by Gasteiger charge is 2.19. The maximum Gasteiger partial charge on any atom is 0.232 e. The first-order valence-corrected chi connectivity index (χ1v) is 13.6. The van der Waals surface area contributed by atoms with Gasteiger partial charge in [0.15, 0.2) is 5.82 Å². The van der Waals surface area contributed by atoms with E-state index in [2.05, 4.69) is 81.0 Å². The number of likely N-dealkylation sites (N-methyl/N-ethyl adjacent to an activating group) is 1. The minimum absolute atomic E-state index is 0.235. The van der Waals surface area contributed by atoms with Crippen molar-refractivity contribution in [2.75, 3.05) is 48.8 Å². The Morgan fingerprint density at radius 1 is 1.14 bits per heavy atom. The molecule has 4 aromatic rings. The van der Waals surface area contributed by atoms with E-state index in [1.54, 1.807) is 6.20 Å². The van der Waals surface area contributed by atoms with Gasteiger partial charge in [0, 0.05) is 55.7 Å². The van der Waals surface area contributed by atoms with Crippen molar-refractivity contribution in [1.82, 2.24) is 29.8 Å². The first-order chi connectivity index (χ1) is 17.5. The summed E-state index contributed by atoms with van der Waals surface area (Å²) in [4.78, 5) is 13.7. The van der Waals surface area contributed by atoms with Gasteiger partial charge in [-0.15, -0.1) is 0 Å². The molecule has 0 spiro atoms. The number of nitrogens with one attached hydrogen (secondary N) is 4. The number of para-hydroxylation sites is 1. The number of aromatic amines is 1. The van der Waals surface area contributed by atoms with Gasteiger partial charge in [0.05, 0.1) is 9.09 Å². The van der Waals surface area contributed by atoms with E-state index in [9.17, 15) is 4.21 Å². The lowest BCUT2D eigenvalue weighted by molar-refractivity contribution is 0.312. The third-order valence-corrected chi connectivity index (χ3v) is 7.18. The molecule has 1 atom stereocenters. The fourth-order valence-electron chi connectivity index (χ4n) is 4.05. The lowest BCUT2D eigenvalue weighted by atomic mass is 10.2. The number of halogens is 1. The van der Waals surface area contributed by atoms with Gasteiger partial charge in [0.25, 0.3) is 0 Å². The average Bonchev–Trinajstić information content (AvgIpc) is 3.29. The normalized spacial score (nSPS) is 15.2. The van der Waals surface area contributed by atoms with E-state index in [0.717, 1.165) is 63.4 Å². The highest BCUT2D eigenvalue weighted by atomic mass is 127. The van der Waals surface area contributed by atoms with Crippen molar-refractivity contribution in [2.24, 2.45) is 0 Å². The van der Waals surface area contributed by atoms with Gasteiger partial charge in [-0.2, -0.15) is 10.1 Å². The van der Waals surface area contributed by atoms with Gasteiger partial charge < -0.3 is 20.4 Å². The fourth-order valence-corrected chi connectivity index (χ4v) is 4.72. The molecule has 36 heavy (non-hydrogen) atoms. The Bertz CT molecular complexity index is 1390. The fraction of sp³-hybridized carbons (Fsp3) is 0.261. The molecule has 188 valence electrons. The summed E-state index contributed by atoms with van der Waals surface area (Å²) in [5.74, 6) is 2.06. The molecule has 0 bridgehead atoms. The van der Waals surface area contributed by atoms with Crippen LogP contribution in [0.2, 0.25) is 0 Å². The smallest absolute Gasteiger partial charge is 0.232 e. The molecule has 2 aromatic carbocycles. The molecule has 5 N–H and O–H groups in total. The van der Waals surface area contributed by atoms with Gasteiger partial charge in [-0.25, -0.2) is 13.9 Å². The van der Waals surface area contributed by atoms with E-state index >= 15 is 0 Å². The Hall–Kier alpha value is -2.85. The summed E-state index contributed by atoms with van der Waals surface area (Å²) in [5, 5.41) is 15.4. The molecule has 5 rings (SSSR count). The molecule has 0 amide bonds. The summed E-state index contributed by atoms with van der Waals surface area (Å²) >= 11 is 0.0848. The van der Waals surface area contributed by atoms with Gasteiger partial charge in [-0.1, -0.05) is 18.2 Å². The Kier molecular flexibility index (Phi) is 7.62. The minimum Gasteiger partial charge on any atom is -0.352 e. The lowest BCUT2D eigenvalue weighted by Crippen LogP contribution is -2.44. The maximum absolute atomic E-state index is 11.0. The van der Waals surface area contributed by atoms with Crippen molar-refractivity contribution in [3.8, 4) is 0 Å². The molecular formula is C23H26IN9O2S. The predicted octanol–water partition coefficient (Wildman–Crippen LogP) is 3.42. The molecule has 13 heteroatoms.